The van der Waals surface area contributed by atoms with Crippen molar-refractivity contribution in [3.63, 3.8) is 0 Å². The molecule has 0 aliphatic heterocycles. The average Bonchev–Trinajstić information content (AvgIpc) is 2.26. The first kappa shape index (κ1) is 18.2. The minimum absolute atomic E-state index is 0.0357. The lowest BCUT2D eigenvalue weighted by Crippen LogP contribution is -2.53. The maximum absolute atomic E-state index is 10.6. The number of carboxylic acid groups (broad SMARTS) is 3. The molecular weight excluding hydrogens is 274 g/mol. The molecule has 0 rings (SSSR count). The molecule has 20 heavy (non-hydrogen) atoms. The molecule has 0 aromatic rings. The van der Waals surface area contributed by atoms with E-state index in [0.717, 1.165) is 4.90 Å². The molecule has 6 N–H and O–H groups in total. The summed E-state index contributed by atoms with van der Waals surface area (Å²) < 4.78 is 0. The van der Waals surface area contributed by atoms with Crippen LogP contribution in [0.4, 0.5) is 0 Å². The molecular formula is C10H19N3O7. The van der Waals surface area contributed by atoms with Gasteiger partial charge in [0.05, 0.1) is 32.4 Å². The van der Waals surface area contributed by atoms with Gasteiger partial charge in [0.15, 0.2) is 0 Å². The van der Waals surface area contributed by atoms with Gasteiger partial charge >= 0.3 is 17.9 Å². The largest absolute Gasteiger partial charge is 0.480 e. The normalized spacial score (nSPS) is 12.6. The van der Waals surface area contributed by atoms with E-state index in [0.29, 0.717) is 0 Å². The Bertz CT molecular complexity index is 334. The number of hydrogen-bond donors (Lipinski definition) is 5. The third kappa shape index (κ3) is 8.37. The van der Waals surface area contributed by atoms with Crippen molar-refractivity contribution in [3.05, 3.63) is 0 Å². The van der Waals surface area contributed by atoms with Crippen LogP contribution in [-0.4, -0.2) is 93.6 Å². The summed E-state index contributed by atoms with van der Waals surface area (Å²) in [5.41, 5.74) is 5.70. The van der Waals surface area contributed by atoms with Crippen LogP contribution >= 0.6 is 0 Å². The smallest absolute Gasteiger partial charge is 0.317 e. The lowest BCUT2D eigenvalue weighted by atomic mass is 10.3. The molecule has 10 nitrogen and oxygen atoms in total. The number of aliphatic carboxylic acids is 3. The standard InChI is InChI=1S/C10H19N3O7/c11-7(3-12(1-2-14)4-8(15)16)13(5-9(17)18)6-10(19)20/h7,14H,1-6,11H2,(H,15,16)(H,17,18)(H,19,20). The molecule has 0 saturated heterocycles. The van der Waals surface area contributed by atoms with Crippen molar-refractivity contribution < 1.29 is 34.8 Å². The lowest BCUT2D eigenvalue weighted by Gasteiger charge is -2.30. The molecule has 0 aliphatic rings. The van der Waals surface area contributed by atoms with Crippen molar-refractivity contribution in [1.82, 2.24) is 9.80 Å². The Hall–Kier alpha value is -1.75. The van der Waals surface area contributed by atoms with Gasteiger partial charge in [0.2, 0.25) is 0 Å². The van der Waals surface area contributed by atoms with Gasteiger partial charge in [-0.15, -0.1) is 0 Å². The summed E-state index contributed by atoms with van der Waals surface area (Å²) in [5.74, 6) is -3.61. The Balaban J connectivity index is 4.66. The van der Waals surface area contributed by atoms with E-state index in [9.17, 15) is 14.4 Å². The molecule has 0 saturated carbocycles. The Morgan fingerprint density at radius 1 is 0.950 bits per heavy atom. The van der Waals surface area contributed by atoms with Crippen LogP contribution in [0.2, 0.25) is 0 Å². The molecule has 0 aromatic heterocycles. The lowest BCUT2D eigenvalue weighted by molar-refractivity contribution is -0.144. The highest BCUT2D eigenvalue weighted by molar-refractivity contribution is 5.72. The Morgan fingerprint density at radius 3 is 1.75 bits per heavy atom. The van der Waals surface area contributed by atoms with E-state index in [4.69, 9.17) is 26.2 Å². The van der Waals surface area contributed by atoms with Crippen LogP contribution in [0.25, 0.3) is 0 Å². The van der Waals surface area contributed by atoms with Crippen molar-refractivity contribution in [2.24, 2.45) is 5.73 Å². The van der Waals surface area contributed by atoms with E-state index >= 15 is 0 Å². The van der Waals surface area contributed by atoms with Crippen LogP contribution in [0, 0.1) is 0 Å². The molecule has 0 aliphatic carbocycles. The Kier molecular flexibility index (Phi) is 8.40. The second kappa shape index (κ2) is 9.20. The topological polar surface area (TPSA) is 165 Å². The van der Waals surface area contributed by atoms with E-state index in [1.807, 2.05) is 0 Å². The van der Waals surface area contributed by atoms with Crippen LogP contribution < -0.4 is 5.73 Å². The third-order valence-electron chi connectivity index (χ3n) is 2.37. The number of hydrogen-bond acceptors (Lipinski definition) is 7. The van der Waals surface area contributed by atoms with Crippen LogP contribution in [0.3, 0.4) is 0 Å². The fraction of sp³-hybridized carbons (Fsp3) is 0.700. The number of nitrogens with zero attached hydrogens (tertiary/aromatic N) is 2. The van der Waals surface area contributed by atoms with Gasteiger partial charge < -0.3 is 26.2 Å². The van der Waals surface area contributed by atoms with E-state index in [1.54, 1.807) is 0 Å². The number of aliphatic hydroxyl groups excluding tert-OH is 1. The Labute approximate surface area is 115 Å². The average molecular weight is 293 g/mol. The zero-order valence-corrected chi connectivity index (χ0v) is 10.8. The van der Waals surface area contributed by atoms with Crippen molar-refractivity contribution in [2.75, 3.05) is 39.3 Å². The molecule has 0 fully saturated rings. The summed E-state index contributed by atoms with van der Waals surface area (Å²) in [5, 5.41) is 34.9. The van der Waals surface area contributed by atoms with Gasteiger partial charge in [-0.1, -0.05) is 0 Å². The highest BCUT2D eigenvalue weighted by Gasteiger charge is 2.23. The first-order valence-corrected chi connectivity index (χ1v) is 5.74. The van der Waals surface area contributed by atoms with Crippen LogP contribution in [-0.2, 0) is 14.4 Å². The molecule has 1 atom stereocenters. The number of aliphatic hydroxyl groups is 1. The van der Waals surface area contributed by atoms with Gasteiger partial charge in [-0.3, -0.25) is 24.2 Å². The quantitative estimate of drug-likeness (QED) is 0.250. The second-order valence-corrected chi connectivity index (χ2v) is 4.11. The van der Waals surface area contributed by atoms with E-state index in [-0.39, 0.29) is 26.2 Å². The number of rotatable bonds is 11. The van der Waals surface area contributed by atoms with Crippen LogP contribution in [0.5, 0.6) is 0 Å². The monoisotopic (exact) mass is 293 g/mol. The van der Waals surface area contributed by atoms with Gasteiger partial charge in [0.1, 0.15) is 0 Å². The van der Waals surface area contributed by atoms with Crippen molar-refractivity contribution in [2.45, 2.75) is 6.17 Å². The van der Waals surface area contributed by atoms with E-state index < -0.39 is 37.2 Å². The van der Waals surface area contributed by atoms with Crippen LogP contribution in [0.15, 0.2) is 0 Å². The fourth-order valence-electron chi connectivity index (χ4n) is 1.59. The second-order valence-electron chi connectivity index (χ2n) is 4.11. The molecule has 0 bridgehead atoms. The molecule has 0 spiro atoms. The summed E-state index contributed by atoms with van der Waals surface area (Å²) in [4.78, 5) is 34.2. The Morgan fingerprint density at radius 2 is 1.40 bits per heavy atom. The summed E-state index contributed by atoms with van der Waals surface area (Å²) in [6.45, 7) is -1.87. The maximum Gasteiger partial charge on any atom is 0.317 e. The van der Waals surface area contributed by atoms with Crippen LogP contribution in [0.1, 0.15) is 0 Å². The minimum atomic E-state index is -1.24. The first-order chi connectivity index (χ1) is 9.26. The number of carbonyl (C=O) groups is 3. The van der Waals surface area contributed by atoms with Gasteiger partial charge in [-0.25, -0.2) is 0 Å². The highest BCUT2D eigenvalue weighted by atomic mass is 16.4. The molecule has 10 heteroatoms. The van der Waals surface area contributed by atoms with Crippen molar-refractivity contribution in [1.29, 1.82) is 0 Å². The number of carboxylic acids is 3. The van der Waals surface area contributed by atoms with Gasteiger partial charge in [0.25, 0.3) is 0 Å². The molecule has 116 valence electrons. The molecule has 0 aromatic carbocycles. The fourth-order valence-corrected chi connectivity index (χ4v) is 1.59. The van der Waals surface area contributed by atoms with E-state index in [1.165, 1.54) is 4.90 Å². The predicted molar refractivity (Wildman–Crippen MR) is 66.0 cm³/mol. The highest BCUT2D eigenvalue weighted by Crippen LogP contribution is 1.98. The summed E-state index contributed by atoms with van der Waals surface area (Å²) in [6.07, 6.45) is -0.979. The first-order valence-electron chi connectivity index (χ1n) is 5.74. The van der Waals surface area contributed by atoms with E-state index in [2.05, 4.69) is 0 Å². The zero-order chi connectivity index (χ0) is 15.7. The van der Waals surface area contributed by atoms with Crippen molar-refractivity contribution >= 4 is 17.9 Å². The number of nitrogens with two attached hydrogens (primary N) is 1. The summed E-state index contributed by atoms with van der Waals surface area (Å²) in [6, 6.07) is 0. The SMILES string of the molecule is NC(CN(CCO)CC(=O)O)N(CC(=O)O)CC(=O)O. The molecule has 1 unspecified atom stereocenters. The van der Waals surface area contributed by atoms with Crippen molar-refractivity contribution in [3.8, 4) is 0 Å². The van der Waals surface area contributed by atoms with Gasteiger partial charge in [0, 0.05) is 13.1 Å². The summed E-state index contributed by atoms with van der Waals surface area (Å²) in [7, 11) is 0. The van der Waals surface area contributed by atoms with Gasteiger partial charge in [-0.05, 0) is 0 Å². The maximum atomic E-state index is 10.6. The summed E-state index contributed by atoms with van der Waals surface area (Å²) >= 11 is 0. The zero-order valence-electron chi connectivity index (χ0n) is 10.8. The molecule has 0 amide bonds. The molecule has 0 radical (unpaired) electrons. The minimum Gasteiger partial charge on any atom is -0.480 e. The molecule has 0 heterocycles. The third-order valence-corrected chi connectivity index (χ3v) is 2.37. The van der Waals surface area contributed by atoms with Gasteiger partial charge in [-0.2, -0.15) is 0 Å². The predicted octanol–water partition coefficient (Wildman–Crippen LogP) is -2.88.